The Labute approximate surface area is 122 Å². The third-order valence-corrected chi connectivity index (χ3v) is 3.47. The van der Waals surface area contributed by atoms with Crippen LogP contribution in [0.15, 0.2) is 34.9 Å². The minimum Gasteiger partial charge on any atom is -0.481 e. The van der Waals surface area contributed by atoms with E-state index in [2.05, 4.69) is 10.1 Å². The summed E-state index contributed by atoms with van der Waals surface area (Å²) >= 11 is 0. The Morgan fingerprint density at radius 1 is 1.33 bits per heavy atom. The first-order valence-electron chi connectivity index (χ1n) is 7.06. The van der Waals surface area contributed by atoms with Crippen LogP contribution in [-0.4, -0.2) is 27.8 Å². The Kier molecular flexibility index (Phi) is 3.85. The van der Waals surface area contributed by atoms with E-state index in [-0.39, 0.29) is 6.42 Å². The average molecular weight is 287 g/mol. The van der Waals surface area contributed by atoms with Crippen LogP contribution in [0.4, 0.5) is 5.69 Å². The largest absolute Gasteiger partial charge is 0.481 e. The molecular weight excluding hydrogens is 270 g/mol. The number of hydrogen-bond acceptors (Lipinski definition) is 5. The van der Waals surface area contributed by atoms with Gasteiger partial charge in [-0.15, -0.1) is 0 Å². The van der Waals surface area contributed by atoms with E-state index < -0.39 is 5.97 Å². The highest BCUT2D eigenvalue weighted by atomic mass is 16.5. The van der Waals surface area contributed by atoms with E-state index in [4.69, 9.17) is 9.63 Å². The second kappa shape index (κ2) is 5.95. The molecule has 0 radical (unpaired) electrons. The van der Waals surface area contributed by atoms with E-state index in [9.17, 15) is 4.79 Å². The van der Waals surface area contributed by atoms with Crippen LogP contribution in [0.5, 0.6) is 0 Å². The molecule has 1 saturated carbocycles. The van der Waals surface area contributed by atoms with Crippen molar-refractivity contribution in [2.75, 3.05) is 11.4 Å². The standard InChI is InChI=1S/C15H17N3O3/c19-14(20)8-9-18(12-4-2-1-3-5-12)10-13-16-15(17-21-13)11-6-7-11/h1-5,11H,6-10H2,(H,19,20). The summed E-state index contributed by atoms with van der Waals surface area (Å²) in [6.45, 7) is 0.831. The smallest absolute Gasteiger partial charge is 0.305 e. The van der Waals surface area contributed by atoms with E-state index in [1.54, 1.807) is 0 Å². The molecule has 2 aromatic rings. The van der Waals surface area contributed by atoms with Crippen LogP contribution in [0.3, 0.4) is 0 Å². The number of benzene rings is 1. The normalized spacial score (nSPS) is 14.1. The zero-order valence-electron chi connectivity index (χ0n) is 11.6. The average Bonchev–Trinajstić information content (AvgIpc) is 3.24. The fourth-order valence-electron chi connectivity index (χ4n) is 2.17. The van der Waals surface area contributed by atoms with Gasteiger partial charge in [0.15, 0.2) is 5.82 Å². The molecule has 21 heavy (non-hydrogen) atoms. The molecule has 0 amide bonds. The van der Waals surface area contributed by atoms with Crippen LogP contribution >= 0.6 is 0 Å². The molecule has 6 nitrogen and oxygen atoms in total. The van der Waals surface area contributed by atoms with E-state index in [1.165, 1.54) is 0 Å². The van der Waals surface area contributed by atoms with Crippen molar-refractivity contribution >= 4 is 11.7 Å². The summed E-state index contributed by atoms with van der Waals surface area (Å²) in [5.41, 5.74) is 0.949. The highest BCUT2D eigenvalue weighted by Crippen LogP contribution is 2.38. The summed E-state index contributed by atoms with van der Waals surface area (Å²) in [6.07, 6.45) is 2.32. The van der Waals surface area contributed by atoms with Crippen molar-refractivity contribution in [3.63, 3.8) is 0 Å². The highest BCUT2D eigenvalue weighted by Gasteiger charge is 2.29. The van der Waals surface area contributed by atoms with Crippen molar-refractivity contribution < 1.29 is 14.4 Å². The van der Waals surface area contributed by atoms with Gasteiger partial charge < -0.3 is 14.5 Å². The molecule has 1 aliphatic carbocycles. The molecule has 1 aromatic carbocycles. The predicted molar refractivity (Wildman–Crippen MR) is 76.0 cm³/mol. The van der Waals surface area contributed by atoms with Crippen molar-refractivity contribution in [2.24, 2.45) is 0 Å². The molecule has 0 aliphatic heterocycles. The molecular formula is C15H17N3O3. The predicted octanol–water partition coefficient (Wildman–Crippen LogP) is 2.43. The molecule has 0 unspecified atom stereocenters. The third kappa shape index (κ3) is 3.59. The van der Waals surface area contributed by atoms with Gasteiger partial charge in [-0.3, -0.25) is 4.79 Å². The van der Waals surface area contributed by atoms with Crippen LogP contribution in [0.25, 0.3) is 0 Å². The molecule has 0 atom stereocenters. The van der Waals surface area contributed by atoms with E-state index in [0.717, 1.165) is 24.4 Å². The number of anilines is 1. The maximum Gasteiger partial charge on any atom is 0.305 e. The third-order valence-electron chi connectivity index (χ3n) is 3.47. The van der Waals surface area contributed by atoms with Gasteiger partial charge in [0.25, 0.3) is 0 Å². The van der Waals surface area contributed by atoms with Gasteiger partial charge in [0.1, 0.15) is 0 Å². The number of aromatic nitrogens is 2. The summed E-state index contributed by atoms with van der Waals surface area (Å²) in [5.74, 6) is 0.939. The molecule has 0 bridgehead atoms. The lowest BCUT2D eigenvalue weighted by Gasteiger charge is -2.22. The number of carbonyl (C=O) groups is 1. The summed E-state index contributed by atoms with van der Waals surface area (Å²) in [6, 6.07) is 9.66. The number of carboxylic acid groups (broad SMARTS) is 1. The van der Waals surface area contributed by atoms with E-state index >= 15 is 0 Å². The summed E-state index contributed by atoms with van der Waals surface area (Å²) in [5, 5.41) is 12.9. The molecule has 1 heterocycles. The first-order valence-corrected chi connectivity index (χ1v) is 7.06. The van der Waals surface area contributed by atoms with Crippen LogP contribution in [-0.2, 0) is 11.3 Å². The second-order valence-electron chi connectivity index (χ2n) is 5.22. The minimum absolute atomic E-state index is 0.0680. The fourth-order valence-corrected chi connectivity index (χ4v) is 2.17. The Morgan fingerprint density at radius 2 is 2.10 bits per heavy atom. The van der Waals surface area contributed by atoms with Gasteiger partial charge in [0, 0.05) is 18.2 Å². The molecule has 6 heteroatoms. The van der Waals surface area contributed by atoms with Gasteiger partial charge in [0.2, 0.25) is 5.89 Å². The molecule has 1 N–H and O–H groups in total. The lowest BCUT2D eigenvalue weighted by Crippen LogP contribution is -2.25. The van der Waals surface area contributed by atoms with Crippen molar-refractivity contribution in [1.29, 1.82) is 0 Å². The first kappa shape index (κ1) is 13.6. The van der Waals surface area contributed by atoms with Crippen LogP contribution in [0.1, 0.15) is 36.9 Å². The summed E-state index contributed by atoms with van der Waals surface area (Å²) in [7, 11) is 0. The Balaban J connectivity index is 1.72. The number of nitrogens with zero attached hydrogens (tertiary/aromatic N) is 3. The number of carboxylic acids is 1. The Bertz CT molecular complexity index is 608. The van der Waals surface area contributed by atoms with E-state index in [0.29, 0.717) is 24.9 Å². The van der Waals surface area contributed by atoms with Gasteiger partial charge in [-0.2, -0.15) is 4.98 Å². The van der Waals surface area contributed by atoms with Crippen LogP contribution < -0.4 is 4.90 Å². The van der Waals surface area contributed by atoms with E-state index in [1.807, 2.05) is 35.2 Å². The highest BCUT2D eigenvalue weighted by molar-refractivity contribution is 5.67. The lowest BCUT2D eigenvalue weighted by atomic mass is 10.2. The quantitative estimate of drug-likeness (QED) is 0.842. The minimum atomic E-state index is -0.819. The molecule has 3 rings (SSSR count). The second-order valence-corrected chi connectivity index (χ2v) is 5.22. The number of aliphatic carboxylic acids is 1. The number of para-hydroxylation sites is 1. The molecule has 0 spiro atoms. The zero-order chi connectivity index (χ0) is 14.7. The van der Waals surface area contributed by atoms with Gasteiger partial charge in [-0.05, 0) is 25.0 Å². The van der Waals surface area contributed by atoms with Gasteiger partial charge >= 0.3 is 5.97 Å². The van der Waals surface area contributed by atoms with Crippen molar-refractivity contribution in [2.45, 2.75) is 31.7 Å². The summed E-state index contributed by atoms with van der Waals surface area (Å²) in [4.78, 5) is 17.2. The fraction of sp³-hybridized carbons (Fsp3) is 0.400. The molecule has 110 valence electrons. The topological polar surface area (TPSA) is 79.5 Å². The maximum absolute atomic E-state index is 10.8. The molecule has 0 saturated heterocycles. The van der Waals surface area contributed by atoms with Gasteiger partial charge in [-0.1, -0.05) is 23.4 Å². The molecule has 1 fully saturated rings. The van der Waals surface area contributed by atoms with Crippen molar-refractivity contribution in [1.82, 2.24) is 10.1 Å². The van der Waals surface area contributed by atoms with Crippen LogP contribution in [0, 0.1) is 0 Å². The lowest BCUT2D eigenvalue weighted by molar-refractivity contribution is -0.136. The monoisotopic (exact) mass is 287 g/mol. The number of rotatable bonds is 7. The maximum atomic E-state index is 10.8. The van der Waals surface area contributed by atoms with Gasteiger partial charge in [0.05, 0.1) is 13.0 Å². The van der Waals surface area contributed by atoms with Gasteiger partial charge in [-0.25, -0.2) is 0 Å². The van der Waals surface area contributed by atoms with Crippen LogP contribution in [0.2, 0.25) is 0 Å². The SMILES string of the molecule is O=C(O)CCN(Cc1nc(C2CC2)no1)c1ccccc1. The first-order chi connectivity index (χ1) is 10.2. The molecule has 1 aromatic heterocycles. The Morgan fingerprint density at radius 3 is 2.76 bits per heavy atom. The summed E-state index contributed by atoms with van der Waals surface area (Å²) < 4.78 is 5.27. The zero-order valence-corrected chi connectivity index (χ0v) is 11.6. The number of hydrogen-bond donors (Lipinski definition) is 1. The molecule has 1 aliphatic rings. The van der Waals surface area contributed by atoms with Crippen molar-refractivity contribution in [3.05, 3.63) is 42.0 Å². The van der Waals surface area contributed by atoms with Crippen molar-refractivity contribution in [3.8, 4) is 0 Å². The Hall–Kier alpha value is -2.37.